The molecule has 10 nitrogen and oxygen atoms in total. The summed E-state index contributed by atoms with van der Waals surface area (Å²) >= 11 is 0. The fourth-order valence-corrected chi connectivity index (χ4v) is 3.54. The van der Waals surface area contributed by atoms with Crippen LogP contribution in [0.25, 0.3) is 0 Å². The number of aliphatic hydroxyl groups is 1. The highest BCUT2D eigenvalue weighted by Gasteiger charge is 2.35. The zero-order valence-corrected chi connectivity index (χ0v) is 18.3. The number of hydrogen-bond acceptors (Lipinski definition) is 9. The molecule has 3 heterocycles. The molecule has 3 atom stereocenters. The Bertz CT molecular complexity index is 1040. The van der Waals surface area contributed by atoms with Crippen molar-refractivity contribution in [2.75, 3.05) is 26.9 Å². The first-order valence-corrected chi connectivity index (χ1v) is 10.5. The van der Waals surface area contributed by atoms with E-state index < -0.39 is 11.7 Å². The number of hydrogen-bond donors (Lipinski definition) is 2. The SMILES string of the molecule is COc1cc(CNC(=O)c2cc(C3=NO[C@H](C4CO[C@@H](CO)CO4)C3)nc(C)n2)ccc1F. The van der Waals surface area contributed by atoms with E-state index in [0.29, 0.717) is 35.8 Å². The van der Waals surface area contributed by atoms with Crippen molar-refractivity contribution in [3.05, 3.63) is 52.9 Å². The van der Waals surface area contributed by atoms with Crippen molar-refractivity contribution in [3.8, 4) is 5.75 Å². The second-order valence-corrected chi connectivity index (χ2v) is 7.73. The predicted octanol–water partition coefficient (Wildman–Crippen LogP) is 1.13. The zero-order valence-electron chi connectivity index (χ0n) is 18.3. The summed E-state index contributed by atoms with van der Waals surface area (Å²) < 4.78 is 29.8. The Balaban J connectivity index is 1.39. The van der Waals surface area contributed by atoms with Gasteiger partial charge in [0, 0.05) is 13.0 Å². The summed E-state index contributed by atoms with van der Waals surface area (Å²) in [5.41, 5.74) is 1.93. The second kappa shape index (κ2) is 10.2. The summed E-state index contributed by atoms with van der Waals surface area (Å²) in [6.45, 7) is 2.34. The van der Waals surface area contributed by atoms with Gasteiger partial charge >= 0.3 is 0 Å². The minimum absolute atomic E-state index is 0.0975. The fourth-order valence-electron chi connectivity index (χ4n) is 3.54. The molecule has 176 valence electrons. The van der Waals surface area contributed by atoms with E-state index in [1.54, 1.807) is 19.1 Å². The maximum Gasteiger partial charge on any atom is 0.270 e. The molecule has 2 aliphatic heterocycles. The Labute approximate surface area is 189 Å². The topological polar surface area (TPSA) is 124 Å². The number of carbonyl (C=O) groups excluding carboxylic acids is 1. The average Bonchev–Trinajstić information content (AvgIpc) is 3.33. The maximum absolute atomic E-state index is 13.6. The third kappa shape index (κ3) is 5.44. The number of rotatable bonds is 7. The number of oxime groups is 1. The minimum Gasteiger partial charge on any atom is -0.494 e. The molecule has 1 aromatic carbocycles. The molecule has 4 rings (SSSR count). The molecule has 0 aliphatic carbocycles. The van der Waals surface area contributed by atoms with Crippen LogP contribution < -0.4 is 10.1 Å². The molecule has 2 N–H and O–H groups in total. The quantitative estimate of drug-likeness (QED) is 0.630. The number of ether oxygens (including phenoxy) is 3. The molecule has 1 unspecified atom stereocenters. The Kier molecular flexibility index (Phi) is 7.11. The number of amides is 1. The van der Waals surface area contributed by atoms with Gasteiger partial charge in [-0.3, -0.25) is 4.79 Å². The Morgan fingerprint density at radius 1 is 1.24 bits per heavy atom. The van der Waals surface area contributed by atoms with Crippen LogP contribution in [0.15, 0.2) is 29.4 Å². The molecule has 11 heteroatoms. The van der Waals surface area contributed by atoms with Gasteiger partial charge in [-0.05, 0) is 30.7 Å². The number of nitrogens with zero attached hydrogens (tertiary/aromatic N) is 3. The number of benzene rings is 1. The summed E-state index contributed by atoms with van der Waals surface area (Å²) in [5.74, 6) is -0.356. The van der Waals surface area contributed by atoms with Gasteiger partial charge in [0.05, 0.1) is 32.6 Å². The molecule has 1 amide bonds. The largest absolute Gasteiger partial charge is 0.494 e. The van der Waals surface area contributed by atoms with Crippen molar-refractivity contribution in [2.24, 2.45) is 5.16 Å². The van der Waals surface area contributed by atoms with Crippen molar-refractivity contribution < 1.29 is 33.3 Å². The molecule has 1 saturated heterocycles. The highest BCUT2D eigenvalue weighted by atomic mass is 19.1. The van der Waals surface area contributed by atoms with Gasteiger partial charge in [-0.25, -0.2) is 14.4 Å². The lowest BCUT2D eigenvalue weighted by Gasteiger charge is -2.30. The molecule has 1 fully saturated rings. The van der Waals surface area contributed by atoms with Gasteiger partial charge in [0.15, 0.2) is 17.7 Å². The van der Waals surface area contributed by atoms with E-state index >= 15 is 0 Å². The maximum atomic E-state index is 13.6. The first kappa shape index (κ1) is 23.0. The Morgan fingerprint density at radius 2 is 2.09 bits per heavy atom. The van der Waals surface area contributed by atoms with Gasteiger partial charge in [-0.1, -0.05) is 11.2 Å². The predicted molar refractivity (Wildman–Crippen MR) is 113 cm³/mol. The summed E-state index contributed by atoms with van der Waals surface area (Å²) in [7, 11) is 1.38. The first-order valence-electron chi connectivity index (χ1n) is 10.5. The number of nitrogens with one attached hydrogen (secondary N) is 1. The smallest absolute Gasteiger partial charge is 0.270 e. The molecule has 0 radical (unpaired) electrons. The summed E-state index contributed by atoms with van der Waals surface area (Å²) in [5, 5.41) is 16.0. The summed E-state index contributed by atoms with van der Waals surface area (Å²) in [4.78, 5) is 26.8. The summed E-state index contributed by atoms with van der Waals surface area (Å²) in [6.07, 6.45) is -0.553. The van der Waals surface area contributed by atoms with Gasteiger partial charge < -0.3 is 29.5 Å². The number of aromatic nitrogens is 2. The van der Waals surface area contributed by atoms with Crippen LogP contribution in [-0.2, 0) is 20.9 Å². The number of halogens is 1. The molecule has 2 aliphatic rings. The number of aliphatic hydroxyl groups excluding tert-OH is 1. The Morgan fingerprint density at radius 3 is 2.82 bits per heavy atom. The lowest BCUT2D eigenvalue weighted by molar-refractivity contribution is -0.178. The van der Waals surface area contributed by atoms with Gasteiger partial charge in [-0.15, -0.1) is 0 Å². The van der Waals surface area contributed by atoms with Crippen LogP contribution in [0.1, 0.15) is 34.0 Å². The van der Waals surface area contributed by atoms with Crippen LogP contribution in [-0.4, -0.2) is 71.9 Å². The Hall–Kier alpha value is -3.15. The van der Waals surface area contributed by atoms with Crippen LogP contribution in [0.3, 0.4) is 0 Å². The van der Waals surface area contributed by atoms with Crippen molar-refractivity contribution >= 4 is 11.6 Å². The monoisotopic (exact) mass is 460 g/mol. The van der Waals surface area contributed by atoms with Crippen molar-refractivity contribution in [2.45, 2.75) is 38.2 Å². The van der Waals surface area contributed by atoms with E-state index in [1.165, 1.54) is 19.2 Å². The average molecular weight is 460 g/mol. The van der Waals surface area contributed by atoms with Gasteiger partial charge in [0.2, 0.25) is 0 Å². The van der Waals surface area contributed by atoms with E-state index in [-0.39, 0.29) is 49.5 Å². The van der Waals surface area contributed by atoms with Gasteiger partial charge in [-0.2, -0.15) is 0 Å². The van der Waals surface area contributed by atoms with Crippen molar-refractivity contribution in [1.82, 2.24) is 15.3 Å². The molecular formula is C22H25FN4O6. The molecule has 0 bridgehead atoms. The van der Waals surface area contributed by atoms with Gasteiger partial charge in [0.1, 0.15) is 29.4 Å². The second-order valence-electron chi connectivity index (χ2n) is 7.73. The van der Waals surface area contributed by atoms with E-state index in [1.807, 2.05) is 0 Å². The highest BCUT2D eigenvalue weighted by Crippen LogP contribution is 2.23. The van der Waals surface area contributed by atoms with E-state index in [2.05, 4.69) is 20.4 Å². The highest BCUT2D eigenvalue weighted by molar-refractivity contribution is 6.02. The lowest BCUT2D eigenvalue weighted by atomic mass is 10.0. The zero-order chi connectivity index (χ0) is 23.4. The van der Waals surface area contributed by atoms with E-state index in [9.17, 15) is 9.18 Å². The normalized spacial score (nSPS) is 22.4. The van der Waals surface area contributed by atoms with Crippen LogP contribution >= 0.6 is 0 Å². The standard InChI is InChI=1S/C22H25FN4O6/c1-12-25-16(17-7-20(33-27-17)21-11-31-14(9-28)10-32-21)6-18(26-12)22(29)24-8-13-3-4-15(23)19(5-13)30-2/h3-6,14,20-21,28H,7-11H2,1-2H3,(H,24,29)/t14-,20-,21?/m0/s1. The van der Waals surface area contributed by atoms with Crippen molar-refractivity contribution in [1.29, 1.82) is 0 Å². The molecular weight excluding hydrogens is 435 g/mol. The van der Waals surface area contributed by atoms with E-state index in [0.717, 1.165) is 0 Å². The minimum atomic E-state index is -0.472. The molecule has 0 saturated carbocycles. The number of aryl methyl sites for hydroxylation is 1. The third-order valence-electron chi connectivity index (χ3n) is 5.34. The number of methoxy groups -OCH3 is 1. The first-order chi connectivity index (χ1) is 16.0. The fraction of sp³-hybridized carbons (Fsp3) is 0.455. The van der Waals surface area contributed by atoms with Crippen LogP contribution in [0, 0.1) is 12.7 Å². The van der Waals surface area contributed by atoms with Crippen molar-refractivity contribution in [3.63, 3.8) is 0 Å². The molecule has 33 heavy (non-hydrogen) atoms. The lowest BCUT2D eigenvalue weighted by Crippen LogP contribution is -2.43. The third-order valence-corrected chi connectivity index (χ3v) is 5.34. The molecule has 2 aromatic rings. The summed E-state index contributed by atoms with van der Waals surface area (Å²) in [6, 6.07) is 5.93. The molecule has 0 spiro atoms. The number of carbonyl (C=O) groups is 1. The molecule has 1 aromatic heterocycles. The van der Waals surface area contributed by atoms with Crippen LogP contribution in [0.4, 0.5) is 4.39 Å². The van der Waals surface area contributed by atoms with Crippen LogP contribution in [0.2, 0.25) is 0 Å². The van der Waals surface area contributed by atoms with Crippen LogP contribution in [0.5, 0.6) is 5.75 Å². The van der Waals surface area contributed by atoms with E-state index in [4.69, 9.17) is 24.2 Å². The van der Waals surface area contributed by atoms with Gasteiger partial charge in [0.25, 0.3) is 5.91 Å².